The van der Waals surface area contributed by atoms with E-state index in [2.05, 4.69) is 44.2 Å². The summed E-state index contributed by atoms with van der Waals surface area (Å²) < 4.78 is 41.6. The van der Waals surface area contributed by atoms with Crippen molar-refractivity contribution >= 4 is 33.9 Å². The van der Waals surface area contributed by atoms with Gasteiger partial charge in [0.2, 0.25) is 5.95 Å². The molecule has 36 heavy (non-hydrogen) atoms. The molecule has 7 nitrogen and oxygen atoms in total. The van der Waals surface area contributed by atoms with Crippen molar-refractivity contribution in [1.29, 1.82) is 0 Å². The molecule has 1 aliphatic rings. The van der Waals surface area contributed by atoms with Gasteiger partial charge in [-0.3, -0.25) is 0 Å². The van der Waals surface area contributed by atoms with Crippen LogP contribution in [-0.2, 0) is 6.18 Å². The van der Waals surface area contributed by atoms with Crippen LogP contribution in [0.25, 0.3) is 22.2 Å². The van der Waals surface area contributed by atoms with E-state index in [0.717, 1.165) is 42.5 Å². The van der Waals surface area contributed by atoms with Crippen LogP contribution in [0.4, 0.5) is 36.2 Å². The molecule has 1 fully saturated rings. The number of hydrogen-bond donors (Lipinski definition) is 3. The Morgan fingerprint density at radius 2 is 2.00 bits per heavy atom. The third kappa shape index (κ3) is 4.44. The number of nitrogen functional groups attached to an aromatic ring is 1. The van der Waals surface area contributed by atoms with E-state index in [4.69, 9.17) is 5.73 Å². The van der Waals surface area contributed by atoms with Crippen LogP contribution in [0.2, 0.25) is 0 Å². The molecule has 0 amide bonds. The Morgan fingerprint density at radius 3 is 2.69 bits per heavy atom. The van der Waals surface area contributed by atoms with Gasteiger partial charge in [-0.25, -0.2) is 9.97 Å². The number of halogens is 3. The van der Waals surface area contributed by atoms with Gasteiger partial charge in [0.25, 0.3) is 0 Å². The first-order valence-electron chi connectivity index (χ1n) is 11.7. The maximum Gasteiger partial charge on any atom is 0.419 e. The summed E-state index contributed by atoms with van der Waals surface area (Å²) >= 11 is 0. The minimum Gasteiger partial charge on any atom is -0.397 e. The lowest BCUT2D eigenvalue weighted by Crippen LogP contribution is -2.31. The summed E-state index contributed by atoms with van der Waals surface area (Å²) in [5, 5.41) is 3.69. The second kappa shape index (κ2) is 9.02. The fraction of sp³-hybridized carbons (Fsp3) is 0.308. The Balaban J connectivity index is 1.47. The van der Waals surface area contributed by atoms with E-state index >= 15 is 0 Å². The number of likely N-dealkylation sites (N-methyl/N-ethyl adjacent to an activating group) is 1. The third-order valence-corrected chi connectivity index (χ3v) is 6.79. The van der Waals surface area contributed by atoms with Crippen LogP contribution in [0.15, 0.2) is 48.8 Å². The second-order valence-electron chi connectivity index (χ2n) is 9.40. The maximum absolute atomic E-state index is 13.9. The standard InChI is InChI=1S/C26H28F3N7/c1-15-5-4-6-18-19(12-31-23(15)18)24-20(26(27,28)29)13-32-25(34-24)33-16-7-8-22(21(30)11-16)36-10-9-17(14-36)35(2)3/h4-8,11-13,17,31H,9-10,14,30H2,1-3H3,(H,32,33,34)/t17-/m0/s1. The number of para-hydroxylation sites is 1. The Hall–Kier alpha value is -3.79. The monoisotopic (exact) mass is 495 g/mol. The summed E-state index contributed by atoms with van der Waals surface area (Å²) in [5.74, 6) is 0.0565. The van der Waals surface area contributed by atoms with Crippen molar-refractivity contribution in [3.05, 3.63) is 59.9 Å². The van der Waals surface area contributed by atoms with Crippen LogP contribution >= 0.6 is 0 Å². The Kier molecular flexibility index (Phi) is 5.99. The number of aromatic amines is 1. The number of benzene rings is 2. The summed E-state index contributed by atoms with van der Waals surface area (Å²) in [6.07, 6.45) is -1.17. The van der Waals surface area contributed by atoms with Crippen LogP contribution in [0.3, 0.4) is 0 Å². The van der Waals surface area contributed by atoms with Crippen LogP contribution in [0, 0.1) is 6.92 Å². The topological polar surface area (TPSA) is 86.1 Å². The second-order valence-corrected chi connectivity index (χ2v) is 9.40. The molecular formula is C26H28F3N7. The van der Waals surface area contributed by atoms with Crippen LogP contribution < -0.4 is 16.0 Å². The number of nitrogens with one attached hydrogen (secondary N) is 2. The average Bonchev–Trinajstić information content (AvgIpc) is 3.47. The summed E-state index contributed by atoms with van der Waals surface area (Å²) in [6, 6.07) is 11.5. The molecule has 0 saturated carbocycles. The molecule has 10 heteroatoms. The van der Waals surface area contributed by atoms with Crippen molar-refractivity contribution in [3.8, 4) is 11.3 Å². The highest BCUT2D eigenvalue weighted by molar-refractivity contribution is 5.97. The highest BCUT2D eigenvalue weighted by atomic mass is 19.4. The quantitative estimate of drug-likeness (QED) is 0.321. The Bertz CT molecular complexity index is 1410. The molecule has 0 bridgehead atoms. The van der Waals surface area contributed by atoms with Gasteiger partial charge in [-0.15, -0.1) is 0 Å². The fourth-order valence-electron chi connectivity index (χ4n) is 4.79. The van der Waals surface area contributed by atoms with E-state index in [1.807, 2.05) is 31.2 Å². The molecule has 2 aromatic carbocycles. The van der Waals surface area contributed by atoms with Gasteiger partial charge in [0.1, 0.15) is 5.56 Å². The number of fused-ring (bicyclic) bond motifs is 1. The number of rotatable bonds is 5. The average molecular weight is 496 g/mol. The molecule has 3 heterocycles. The molecule has 5 rings (SSSR count). The van der Waals surface area contributed by atoms with E-state index < -0.39 is 11.7 Å². The molecule has 0 spiro atoms. The van der Waals surface area contributed by atoms with Gasteiger partial charge >= 0.3 is 6.18 Å². The predicted octanol–water partition coefficient (Wildman–Crippen LogP) is 5.42. The zero-order valence-electron chi connectivity index (χ0n) is 20.3. The summed E-state index contributed by atoms with van der Waals surface area (Å²) in [4.78, 5) is 15.8. The van der Waals surface area contributed by atoms with E-state index in [1.54, 1.807) is 18.3 Å². The Labute approximate surface area is 207 Å². The van der Waals surface area contributed by atoms with Gasteiger partial charge in [0.05, 0.1) is 17.1 Å². The van der Waals surface area contributed by atoms with Gasteiger partial charge in [0.15, 0.2) is 0 Å². The molecule has 1 atom stereocenters. The van der Waals surface area contributed by atoms with Crippen molar-refractivity contribution < 1.29 is 13.2 Å². The van der Waals surface area contributed by atoms with Crippen LogP contribution in [0.5, 0.6) is 0 Å². The number of alkyl halides is 3. The molecule has 2 aromatic heterocycles. The molecule has 0 aliphatic carbocycles. The van der Waals surface area contributed by atoms with E-state index in [0.29, 0.717) is 28.4 Å². The first-order valence-corrected chi connectivity index (χ1v) is 11.7. The van der Waals surface area contributed by atoms with E-state index in [9.17, 15) is 13.2 Å². The number of aryl methyl sites for hydroxylation is 1. The number of hydrogen-bond acceptors (Lipinski definition) is 6. The minimum absolute atomic E-state index is 0.0565. The molecular weight excluding hydrogens is 467 g/mol. The lowest BCUT2D eigenvalue weighted by atomic mass is 10.0. The lowest BCUT2D eigenvalue weighted by Gasteiger charge is -2.23. The first kappa shape index (κ1) is 23.9. The van der Waals surface area contributed by atoms with Crippen LogP contribution in [-0.4, -0.2) is 53.1 Å². The smallest absolute Gasteiger partial charge is 0.397 e. The molecule has 1 saturated heterocycles. The molecule has 4 aromatic rings. The molecule has 0 radical (unpaired) electrons. The van der Waals surface area contributed by atoms with Gasteiger partial charge in [-0.2, -0.15) is 13.2 Å². The number of H-pyrrole nitrogens is 1. The minimum atomic E-state index is -4.60. The lowest BCUT2D eigenvalue weighted by molar-refractivity contribution is -0.137. The van der Waals surface area contributed by atoms with Gasteiger partial charge in [0, 0.05) is 53.7 Å². The third-order valence-electron chi connectivity index (χ3n) is 6.79. The number of aromatic nitrogens is 3. The largest absolute Gasteiger partial charge is 0.419 e. The van der Waals surface area contributed by atoms with Gasteiger partial charge in [-0.1, -0.05) is 18.2 Å². The van der Waals surface area contributed by atoms with Crippen LogP contribution in [0.1, 0.15) is 17.5 Å². The SMILES string of the molecule is Cc1cccc2c(-c3nc(Nc4ccc(N5CC[C@H](N(C)C)C5)c(N)c4)ncc3C(F)(F)F)c[nH]c12. The first-order chi connectivity index (χ1) is 17.1. The molecule has 1 aliphatic heterocycles. The van der Waals surface area contributed by atoms with Crippen molar-refractivity contribution in [2.75, 3.05) is 43.1 Å². The summed E-state index contributed by atoms with van der Waals surface area (Å²) in [6.45, 7) is 3.70. The van der Waals surface area contributed by atoms with Crippen molar-refractivity contribution in [2.45, 2.75) is 25.6 Å². The normalized spacial score (nSPS) is 16.3. The van der Waals surface area contributed by atoms with E-state index in [1.165, 1.54) is 0 Å². The predicted molar refractivity (Wildman–Crippen MR) is 138 cm³/mol. The number of anilines is 4. The van der Waals surface area contributed by atoms with E-state index in [-0.39, 0.29) is 11.6 Å². The number of nitrogens with zero attached hydrogens (tertiary/aromatic N) is 4. The van der Waals surface area contributed by atoms with Gasteiger partial charge in [-0.05, 0) is 51.2 Å². The Morgan fingerprint density at radius 1 is 1.19 bits per heavy atom. The zero-order chi connectivity index (χ0) is 25.6. The molecule has 0 unspecified atom stereocenters. The van der Waals surface area contributed by atoms with Crippen molar-refractivity contribution in [1.82, 2.24) is 19.9 Å². The molecule has 188 valence electrons. The highest BCUT2D eigenvalue weighted by Crippen LogP contribution is 2.39. The van der Waals surface area contributed by atoms with Crippen molar-refractivity contribution in [2.24, 2.45) is 0 Å². The zero-order valence-corrected chi connectivity index (χ0v) is 20.3. The van der Waals surface area contributed by atoms with Gasteiger partial charge < -0.3 is 25.8 Å². The summed E-state index contributed by atoms with van der Waals surface area (Å²) in [7, 11) is 4.14. The highest BCUT2D eigenvalue weighted by Gasteiger charge is 2.36. The fourth-order valence-corrected chi connectivity index (χ4v) is 4.79. The van der Waals surface area contributed by atoms with Crippen molar-refractivity contribution in [3.63, 3.8) is 0 Å². The summed E-state index contributed by atoms with van der Waals surface area (Å²) in [5.41, 5.74) is 9.46. The number of nitrogens with two attached hydrogens (primary N) is 1. The maximum atomic E-state index is 13.9. The molecule has 4 N–H and O–H groups in total.